The molecule has 57 heavy (non-hydrogen) atoms. The highest BCUT2D eigenvalue weighted by molar-refractivity contribution is 6.14. The first-order chi connectivity index (χ1) is 28.2. The fourth-order valence-electron chi connectivity index (χ4n) is 8.19. The van der Waals surface area contributed by atoms with Gasteiger partial charge in [0, 0.05) is 27.5 Å². The SMILES string of the molecule is c1ccc(-c2cc(-c3ccc(-c4ccc(-c5ccc6oc7ccccc7c6c5)cc4)cc3)nc(-c3cccc(-c4cc5ccccc5c5ccccc45)c3)n2)cc1. The number of nitrogens with zero attached hydrogens (tertiary/aromatic N) is 2. The highest BCUT2D eigenvalue weighted by atomic mass is 16.3. The standard InChI is InChI=1S/C54H34N2O/c1-2-11-38(12-3-1)50-34-51(56-54(55-50)43-15-10-14-41(31-43)48-33-42-13-4-5-16-44(42)45-17-6-7-18-46(45)48)39-27-25-36(26-28-39)35-21-23-37(24-22-35)40-29-30-53-49(32-40)47-19-8-9-20-52(47)57-53/h1-34H. The van der Waals surface area contributed by atoms with Crippen LogP contribution >= 0.6 is 0 Å². The monoisotopic (exact) mass is 726 g/mol. The van der Waals surface area contributed by atoms with Crippen molar-refractivity contribution in [2.75, 3.05) is 0 Å². The van der Waals surface area contributed by atoms with Gasteiger partial charge in [-0.25, -0.2) is 9.97 Å². The van der Waals surface area contributed by atoms with Gasteiger partial charge >= 0.3 is 0 Å². The molecule has 0 atom stereocenters. The maximum atomic E-state index is 6.06. The molecule has 0 fully saturated rings. The second kappa shape index (κ2) is 13.6. The van der Waals surface area contributed by atoms with E-state index in [9.17, 15) is 0 Å². The molecule has 0 amide bonds. The molecule has 0 N–H and O–H groups in total. The number of hydrogen-bond acceptors (Lipinski definition) is 3. The maximum absolute atomic E-state index is 6.06. The third-order valence-corrected chi connectivity index (χ3v) is 11.1. The molecule has 9 aromatic carbocycles. The quantitative estimate of drug-likeness (QED) is 0.160. The van der Waals surface area contributed by atoms with Gasteiger partial charge in [-0.2, -0.15) is 0 Å². The summed E-state index contributed by atoms with van der Waals surface area (Å²) in [6.07, 6.45) is 0. The normalized spacial score (nSPS) is 11.5. The third-order valence-electron chi connectivity index (χ3n) is 11.1. The molecule has 0 unspecified atom stereocenters. The number of rotatable bonds is 6. The highest BCUT2D eigenvalue weighted by Crippen LogP contribution is 2.38. The first-order valence-electron chi connectivity index (χ1n) is 19.3. The van der Waals surface area contributed by atoms with Crippen molar-refractivity contribution in [3.8, 4) is 67.3 Å². The molecule has 0 saturated heterocycles. The van der Waals surface area contributed by atoms with Crippen LogP contribution < -0.4 is 0 Å². The molecule has 0 spiro atoms. The lowest BCUT2D eigenvalue weighted by atomic mass is 9.92. The van der Waals surface area contributed by atoms with Gasteiger partial charge in [-0.1, -0.05) is 170 Å². The highest BCUT2D eigenvalue weighted by Gasteiger charge is 2.14. The van der Waals surface area contributed by atoms with Crippen molar-refractivity contribution in [1.82, 2.24) is 9.97 Å². The van der Waals surface area contributed by atoms with Crippen molar-refractivity contribution in [2.24, 2.45) is 0 Å². The average Bonchev–Trinajstić information content (AvgIpc) is 3.67. The number of benzene rings is 9. The van der Waals surface area contributed by atoms with Gasteiger partial charge in [0.25, 0.3) is 0 Å². The fourth-order valence-corrected chi connectivity index (χ4v) is 8.19. The Labute approximate surface area is 330 Å². The van der Waals surface area contributed by atoms with E-state index < -0.39 is 0 Å². The van der Waals surface area contributed by atoms with Gasteiger partial charge in [-0.05, 0) is 91.3 Å². The Morgan fingerprint density at radius 1 is 0.281 bits per heavy atom. The van der Waals surface area contributed by atoms with Crippen molar-refractivity contribution >= 4 is 43.5 Å². The molecular formula is C54H34N2O. The van der Waals surface area contributed by atoms with Gasteiger partial charge in [-0.15, -0.1) is 0 Å². The minimum Gasteiger partial charge on any atom is -0.456 e. The van der Waals surface area contributed by atoms with Crippen LogP contribution in [0, 0.1) is 0 Å². The summed E-state index contributed by atoms with van der Waals surface area (Å²) < 4.78 is 6.06. The molecule has 0 aliphatic carbocycles. The Kier molecular flexibility index (Phi) is 7.82. The average molecular weight is 727 g/mol. The molecule has 2 heterocycles. The molecule has 11 rings (SSSR count). The van der Waals surface area contributed by atoms with E-state index in [4.69, 9.17) is 14.4 Å². The summed E-state index contributed by atoms with van der Waals surface area (Å²) in [5, 5.41) is 7.24. The van der Waals surface area contributed by atoms with Crippen LogP contribution in [0.3, 0.4) is 0 Å². The lowest BCUT2D eigenvalue weighted by Crippen LogP contribution is -1.96. The Morgan fingerprint density at radius 2 is 0.807 bits per heavy atom. The molecule has 3 nitrogen and oxygen atoms in total. The lowest BCUT2D eigenvalue weighted by molar-refractivity contribution is 0.669. The van der Waals surface area contributed by atoms with Crippen LogP contribution in [0.5, 0.6) is 0 Å². The minimum absolute atomic E-state index is 0.694. The van der Waals surface area contributed by atoms with Crippen LogP contribution in [0.15, 0.2) is 211 Å². The number of fused-ring (bicyclic) bond motifs is 6. The zero-order chi connectivity index (χ0) is 37.7. The molecule has 0 aliphatic heterocycles. The largest absolute Gasteiger partial charge is 0.456 e. The van der Waals surface area contributed by atoms with Gasteiger partial charge in [-0.3, -0.25) is 0 Å². The molecule has 11 aromatic rings. The van der Waals surface area contributed by atoms with E-state index in [1.807, 2.05) is 18.2 Å². The third kappa shape index (κ3) is 5.94. The van der Waals surface area contributed by atoms with Crippen LogP contribution in [0.2, 0.25) is 0 Å². The molecule has 0 radical (unpaired) electrons. The number of hydrogen-bond donors (Lipinski definition) is 0. The topological polar surface area (TPSA) is 38.9 Å². The van der Waals surface area contributed by atoms with E-state index in [0.717, 1.165) is 66.7 Å². The summed E-state index contributed by atoms with van der Waals surface area (Å²) in [5.74, 6) is 0.694. The van der Waals surface area contributed by atoms with Gasteiger partial charge in [0.05, 0.1) is 11.4 Å². The zero-order valence-corrected chi connectivity index (χ0v) is 30.9. The summed E-state index contributed by atoms with van der Waals surface area (Å²) >= 11 is 0. The van der Waals surface area contributed by atoms with E-state index in [0.29, 0.717) is 5.82 Å². The summed E-state index contributed by atoms with van der Waals surface area (Å²) in [6.45, 7) is 0. The number of furan rings is 1. The fraction of sp³-hybridized carbons (Fsp3) is 0. The van der Waals surface area contributed by atoms with Crippen molar-refractivity contribution in [1.29, 1.82) is 0 Å². The summed E-state index contributed by atoms with van der Waals surface area (Å²) in [6, 6.07) is 72.8. The second-order valence-corrected chi connectivity index (χ2v) is 14.6. The Morgan fingerprint density at radius 3 is 1.56 bits per heavy atom. The van der Waals surface area contributed by atoms with Crippen LogP contribution in [0.4, 0.5) is 0 Å². The molecule has 3 heteroatoms. The van der Waals surface area contributed by atoms with Crippen LogP contribution in [-0.2, 0) is 0 Å². The summed E-state index contributed by atoms with van der Waals surface area (Å²) in [5.41, 5.74) is 13.6. The van der Waals surface area contributed by atoms with Gasteiger partial charge in [0.15, 0.2) is 5.82 Å². The Bertz CT molecular complexity index is 3270. The Balaban J connectivity index is 0.941. The van der Waals surface area contributed by atoms with E-state index in [2.05, 4.69) is 188 Å². The number of aromatic nitrogens is 2. The van der Waals surface area contributed by atoms with E-state index >= 15 is 0 Å². The van der Waals surface area contributed by atoms with Crippen molar-refractivity contribution < 1.29 is 4.42 Å². The minimum atomic E-state index is 0.694. The maximum Gasteiger partial charge on any atom is 0.160 e. The summed E-state index contributed by atoms with van der Waals surface area (Å²) in [7, 11) is 0. The first-order valence-corrected chi connectivity index (χ1v) is 19.3. The summed E-state index contributed by atoms with van der Waals surface area (Å²) in [4.78, 5) is 10.4. The molecule has 266 valence electrons. The molecule has 0 aliphatic rings. The zero-order valence-electron chi connectivity index (χ0n) is 30.9. The first kappa shape index (κ1) is 32.8. The van der Waals surface area contributed by atoms with E-state index in [1.54, 1.807) is 0 Å². The van der Waals surface area contributed by atoms with Gasteiger partial charge < -0.3 is 4.42 Å². The lowest BCUT2D eigenvalue weighted by Gasteiger charge is -2.13. The van der Waals surface area contributed by atoms with Crippen LogP contribution in [0.25, 0.3) is 111 Å². The van der Waals surface area contributed by atoms with Gasteiger partial charge in [0.1, 0.15) is 11.2 Å². The van der Waals surface area contributed by atoms with E-state index in [1.165, 1.54) is 38.2 Å². The molecule has 0 bridgehead atoms. The number of para-hydroxylation sites is 1. The molecular weight excluding hydrogens is 693 g/mol. The predicted octanol–water partition coefficient (Wildman–Crippen LogP) is 14.7. The van der Waals surface area contributed by atoms with Crippen molar-refractivity contribution in [3.63, 3.8) is 0 Å². The van der Waals surface area contributed by atoms with E-state index in [-0.39, 0.29) is 0 Å². The van der Waals surface area contributed by atoms with Gasteiger partial charge in [0.2, 0.25) is 0 Å². The van der Waals surface area contributed by atoms with Crippen molar-refractivity contribution in [2.45, 2.75) is 0 Å². The van der Waals surface area contributed by atoms with Crippen LogP contribution in [-0.4, -0.2) is 9.97 Å². The Hall–Kier alpha value is -7.62. The predicted molar refractivity (Wildman–Crippen MR) is 237 cm³/mol. The van der Waals surface area contributed by atoms with Crippen LogP contribution in [0.1, 0.15) is 0 Å². The molecule has 2 aromatic heterocycles. The second-order valence-electron chi connectivity index (χ2n) is 14.6. The van der Waals surface area contributed by atoms with Crippen molar-refractivity contribution in [3.05, 3.63) is 206 Å². The molecule has 0 saturated carbocycles. The smallest absolute Gasteiger partial charge is 0.160 e.